The molecule has 0 heterocycles. The molecular weight excluding hydrogens is 184 g/mol. The van der Waals surface area contributed by atoms with E-state index in [2.05, 4.69) is 4.74 Å². The molecule has 0 saturated heterocycles. The van der Waals surface area contributed by atoms with Crippen molar-refractivity contribution in [3.05, 3.63) is 35.9 Å². The van der Waals surface area contributed by atoms with Crippen molar-refractivity contribution >= 4 is 5.97 Å². The highest BCUT2D eigenvalue weighted by Crippen LogP contribution is 2.24. The van der Waals surface area contributed by atoms with Gasteiger partial charge in [0.25, 0.3) is 0 Å². The Morgan fingerprint density at radius 1 is 1.43 bits per heavy atom. The van der Waals surface area contributed by atoms with Crippen molar-refractivity contribution < 1.29 is 19.4 Å². The molecule has 75 valence electrons. The number of hydrogen-bond acceptors (Lipinski definition) is 4. The number of rotatable bonds is 3. The Morgan fingerprint density at radius 2 is 2.14 bits per heavy atom. The minimum absolute atomic E-state index is 0.290. The van der Waals surface area contributed by atoms with E-state index >= 15 is 0 Å². The van der Waals surface area contributed by atoms with Gasteiger partial charge in [-0.15, -0.1) is 0 Å². The van der Waals surface area contributed by atoms with E-state index in [1.807, 2.05) is 0 Å². The average molecular weight is 195 g/mol. The van der Waals surface area contributed by atoms with E-state index in [0.29, 0.717) is 11.3 Å². The third kappa shape index (κ3) is 1.85. The number of ether oxygens (including phenoxy) is 2. The number of aliphatic hydroxyl groups is 1. The normalized spacial score (nSPS) is 9.64. The van der Waals surface area contributed by atoms with Crippen molar-refractivity contribution in [1.82, 2.24) is 0 Å². The summed E-state index contributed by atoms with van der Waals surface area (Å²) in [5.74, 6) is -0.188. The van der Waals surface area contributed by atoms with Gasteiger partial charge in [0.05, 0.1) is 14.2 Å². The molecule has 4 heteroatoms. The Labute approximate surface area is 82.1 Å². The number of benzene rings is 1. The summed E-state index contributed by atoms with van der Waals surface area (Å²) in [6.45, 7) is 0.880. The third-order valence-corrected chi connectivity index (χ3v) is 1.79. The zero-order chi connectivity index (χ0) is 10.6. The lowest BCUT2D eigenvalue weighted by Crippen LogP contribution is -2.05. The van der Waals surface area contributed by atoms with Gasteiger partial charge >= 0.3 is 5.97 Å². The van der Waals surface area contributed by atoms with E-state index in [4.69, 9.17) is 9.84 Å². The lowest BCUT2D eigenvalue weighted by Gasteiger charge is -2.09. The molecule has 0 bridgehead atoms. The van der Waals surface area contributed by atoms with Crippen molar-refractivity contribution in [2.75, 3.05) is 14.2 Å². The van der Waals surface area contributed by atoms with Gasteiger partial charge < -0.3 is 14.6 Å². The Morgan fingerprint density at radius 3 is 2.64 bits per heavy atom. The van der Waals surface area contributed by atoms with Gasteiger partial charge in [-0.25, -0.2) is 4.79 Å². The molecule has 4 nitrogen and oxygen atoms in total. The third-order valence-electron chi connectivity index (χ3n) is 1.79. The molecule has 0 spiro atoms. The predicted molar refractivity (Wildman–Crippen MR) is 49.7 cm³/mol. The summed E-state index contributed by atoms with van der Waals surface area (Å²) >= 11 is 0. The molecule has 0 aliphatic rings. The second kappa shape index (κ2) is 4.62. The van der Waals surface area contributed by atoms with Crippen LogP contribution in [0.25, 0.3) is 0 Å². The van der Waals surface area contributed by atoms with Gasteiger partial charge in [0.1, 0.15) is 17.9 Å². The molecule has 0 saturated carbocycles. The van der Waals surface area contributed by atoms with Crippen LogP contribution < -0.4 is 4.74 Å². The molecule has 1 aromatic carbocycles. The number of hydrogen-bond donors (Lipinski definition) is 1. The number of carbonyl (C=O) groups excluding carboxylic acids is 1. The van der Waals surface area contributed by atoms with Crippen molar-refractivity contribution in [3.63, 3.8) is 0 Å². The standard InChI is InChI=1S/C10H11O4/c1-13-9-7(6-11)4-3-5-8(9)10(12)14-2/h3-6,11H,1-2H3. The number of carbonyl (C=O) groups is 1. The van der Waals surface area contributed by atoms with E-state index in [1.54, 1.807) is 18.2 Å². The van der Waals surface area contributed by atoms with Gasteiger partial charge in [0.2, 0.25) is 0 Å². The van der Waals surface area contributed by atoms with Gasteiger partial charge in [-0.1, -0.05) is 12.1 Å². The summed E-state index contributed by atoms with van der Waals surface area (Å²) in [5, 5.41) is 8.87. The van der Waals surface area contributed by atoms with Gasteiger partial charge in [-0.05, 0) is 6.07 Å². The van der Waals surface area contributed by atoms with Crippen LogP contribution in [0.3, 0.4) is 0 Å². The summed E-state index contributed by atoms with van der Waals surface area (Å²) in [6.07, 6.45) is 0. The minimum atomic E-state index is -0.495. The maximum atomic E-state index is 11.3. The molecule has 0 fully saturated rings. The minimum Gasteiger partial charge on any atom is -0.495 e. The Kier molecular flexibility index (Phi) is 3.48. The van der Waals surface area contributed by atoms with Crippen LogP contribution in [0.4, 0.5) is 0 Å². The van der Waals surface area contributed by atoms with Crippen LogP contribution in [0.1, 0.15) is 15.9 Å². The maximum absolute atomic E-state index is 11.3. The summed E-state index contributed by atoms with van der Waals surface area (Å²) in [7, 11) is 2.71. The lowest BCUT2D eigenvalue weighted by molar-refractivity contribution is 0.0597. The summed E-state index contributed by atoms with van der Waals surface area (Å²) in [6, 6.07) is 4.83. The maximum Gasteiger partial charge on any atom is 0.341 e. The first-order valence-corrected chi connectivity index (χ1v) is 3.97. The molecule has 1 N–H and O–H groups in total. The zero-order valence-electron chi connectivity index (χ0n) is 7.98. The zero-order valence-corrected chi connectivity index (χ0v) is 7.98. The monoisotopic (exact) mass is 195 g/mol. The molecule has 0 amide bonds. The predicted octanol–water partition coefficient (Wildman–Crippen LogP) is 1.36. The summed E-state index contributed by atoms with van der Waals surface area (Å²) in [4.78, 5) is 11.3. The highest BCUT2D eigenvalue weighted by atomic mass is 16.5. The van der Waals surface area contributed by atoms with Crippen molar-refractivity contribution in [2.45, 2.75) is 0 Å². The van der Waals surface area contributed by atoms with Gasteiger partial charge in [-0.2, -0.15) is 0 Å². The molecule has 0 atom stereocenters. The van der Waals surface area contributed by atoms with Crippen LogP contribution in [-0.2, 0) is 4.74 Å². The molecule has 0 unspecified atom stereocenters. The van der Waals surface area contributed by atoms with E-state index in [-0.39, 0.29) is 5.56 Å². The van der Waals surface area contributed by atoms with Crippen molar-refractivity contribution in [2.24, 2.45) is 0 Å². The molecule has 14 heavy (non-hydrogen) atoms. The largest absolute Gasteiger partial charge is 0.495 e. The van der Waals surface area contributed by atoms with E-state index in [0.717, 1.165) is 6.61 Å². The Hall–Kier alpha value is -1.55. The van der Waals surface area contributed by atoms with Gasteiger partial charge in [-0.3, -0.25) is 0 Å². The van der Waals surface area contributed by atoms with Crippen molar-refractivity contribution in [3.8, 4) is 5.75 Å². The quantitative estimate of drug-likeness (QED) is 0.740. The number of esters is 1. The smallest absolute Gasteiger partial charge is 0.341 e. The SMILES string of the molecule is COC(=O)c1cccc([CH]O)c1OC. The number of aliphatic hydroxyl groups excluding tert-OH is 1. The number of methoxy groups -OCH3 is 2. The Bertz CT molecular complexity index is 333. The van der Waals surface area contributed by atoms with Gasteiger partial charge in [0, 0.05) is 5.56 Å². The lowest BCUT2D eigenvalue weighted by atomic mass is 10.1. The molecule has 0 aromatic heterocycles. The molecule has 1 radical (unpaired) electrons. The van der Waals surface area contributed by atoms with E-state index in [1.165, 1.54) is 14.2 Å². The topological polar surface area (TPSA) is 55.8 Å². The first-order valence-electron chi connectivity index (χ1n) is 3.97. The summed E-state index contributed by atoms with van der Waals surface area (Å²) in [5.41, 5.74) is 0.730. The molecule has 0 aliphatic heterocycles. The first-order chi connectivity index (χ1) is 6.74. The van der Waals surface area contributed by atoms with Crippen LogP contribution in [0.5, 0.6) is 5.75 Å². The van der Waals surface area contributed by atoms with Gasteiger partial charge in [0.15, 0.2) is 0 Å². The van der Waals surface area contributed by atoms with Crippen LogP contribution in [0.15, 0.2) is 18.2 Å². The highest BCUT2D eigenvalue weighted by molar-refractivity contribution is 5.93. The summed E-state index contributed by atoms with van der Waals surface area (Å²) < 4.78 is 9.56. The first kappa shape index (κ1) is 10.5. The molecule has 1 aromatic rings. The van der Waals surface area contributed by atoms with E-state index < -0.39 is 5.97 Å². The van der Waals surface area contributed by atoms with Crippen LogP contribution in [0.2, 0.25) is 0 Å². The second-order valence-electron chi connectivity index (χ2n) is 2.55. The molecule has 1 rings (SSSR count). The highest BCUT2D eigenvalue weighted by Gasteiger charge is 2.15. The van der Waals surface area contributed by atoms with Crippen molar-refractivity contribution in [1.29, 1.82) is 0 Å². The fourth-order valence-corrected chi connectivity index (χ4v) is 1.16. The average Bonchev–Trinajstić information content (AvgIpc) is 2.26. The van der Waals surface area contributed by atoms with Crippen LogP contribution in [-0.4, -0.2) is 25.3 Å². The van der Waals surface area contributed by atoms with Crippen LogP contribution >= 0.6 is 0 Å². The van der Waals surface area contributed by atoms with Crippen LogP contribution in [0, 0.1) is 6.61 Å². The fraction of sp³-hybridized carbons (Fsp3) is 0.200. The number of para-hydroxylation sites is 1. The Balaban J connectivity index is 3.21. The second-order valence-corrected chi connectivity index (χ2v) is 2.55. The fourth-order valence-electron chi connectivity index (χ4n) is 1.16. The molecule has 0 aliphatic carbocycles. The van der Waals surface area contributed by atoms with E-state index in [9.17, 15) is 4.79 Å². The molecular formula is C10H11O4.